The number of rotatable bonds is 8. The second-order valence-electron chi connectivity index (χ2n) is 7.55. The van der Waals surface area contributed by atoms with E-state index in [-0.39, 0.29) is 0 Å². The van der Waals surface area contributed by atoms with Crippen molar-refractivity contribution in [2.24, 2.45) is 0 Å². The number of hydrogen-bond acceptors (Lipinski definition) is 5. The van der Waals surface area contributed by atoms with Gasteiger partial charge >= 0.3 is 0 Å². The number of hydrogen-bond donors (Lipinski definition) is 0. The largest absolute Gasteiger partial charge is 0.489 e. The molecule has 1 saturated heterocycles. The number of para-hydroxylation sites is 1. The topological polar surface area (TPSA) is 34.6 Å². The summed E-state index contributed by atoms with van der Waals surface area (Å²) in [5.74, 6) is 2.05. The molecule has 4 rings (SSSR count). The molecule has 1 aliphatic rings. The number of benzene rings is 2. The molecule has 1 aromatic heterocycles. The summed E-state index contributed by atoms with van der Waals surface area (Å²) in [4.78, 5) is 7.02. The molecule has 0 radical (unpaired) electrons. The van der Waals surface area contributed by atoms with Gasteiger partial charge in [0.25, 0.3) is 0 Å². The van der Waals surface area contributed by atoms with Crippen molar-refractivity contribution in [3.05, 3.63) is 64.0 Å². The molecule has 156 valence electrons. The molecule has 0 saturated carbocycles. The molecule has 0 unspecified atom stereocenters. The van der Waals surface area contributed by atoms with Crippen molar-refractivity contribution >= 4 is 51.1 Å². The second-order valence-corrected chi connectivity index (χ2v) is 8.90. The Kier molecular flexibility index (Phi) is 7.52. The minimum Gasteiger partial charge on any atom is -0.489 e. The van der Waals surface area contributed by atoms with E-state index in [1.165, 1.54) is 34.7 Å². The summed E-state index contributed by atoms with van der Waals surface area (Å²) in [5, 5.41) is 2.59. The van der Waals surface area contributed by atoms with E-state index < -0.39 is 0 Å². The number of halogens is 1. The summed E-state index contributed by atoms with van der Waals surface area (Å²) in [6.07, 6.45) is 7.38. The quantitative estimate of drug-likeness (QED) is 0.208. The summed E-state index contributed by atoms with van der Waals surface area (Å²) in [6, 6.07) is 14.4. The van der Waals surface area contributed by atoms with Gasteiger partial charge in [-0.1, -0.05) is 30.3 Å². The fourth-order valence-electron chi connectivity index (χ4n) is 4.17. The molecule has 0 spiro atoms. The predicted octanol–water partition coefficient (Wildman–Crippen LogP) is 5.82. The molecule has 0 atom stereocenters. The smallest absolute Gasteiger partial charge is 0.175 e. The number of ether oxygens (including phenoxy) is 2. The van der Waals surface area contributed by atoms with Gasteiger partial charge in [0.2, 0.25) is 0 Å². The van der Waals surface area contributed by atoms with Crippen molar-refractivity contribution in [1.29, 1.82) is 0 Å². The maximum Gasteiger partial charge on any atom is 0.175 e. The zero-order valence-corrected chi connectivity index (χ0v) is 19.8. The highest BCUT2D eigenvalue weighted by Crippen LogP contribution is 2.33. The van der Waals surface area contributed by atoms with E-state index in [1.54, 1.807) is 0 Å². The van der Waals surface area contributed by atoms with Crippen LogP contribution in [-0.4, -0.2) is 41.7 Å². The van der Waals surface area contributed by atoms with Crippen molar-refractivity contribution in [3.63, 3.8) is 0 Å². The molecule has 0 N–H and O–H groups in total. The van der Waals surface area contributed by atoms with Crippen molar-refractivity contribution in [2.75, 3.05) is 26.2 Å². The summed E-state index contributed by atoms with van der Waals surface area (Å²) in [6.45, 7) is 3.96. The third-order valence-corrected chi connectivity index (χ3v) is 6.64. The van der Waals surface area contributed by atoms with Crippen LogP contribution in [0.3, 0.4) is 0 Å². The van der Waals surface area contributed by atoms with Crippen LogP contribution in [0.15, 0.2) is 54.9 Å². The molecular formula is C24H25IN2O2S. The molecule has 0 bridgehead atoms. The fraction of sp³-hybridized carbons (Fsp3) is 0.333. The Labute approximate surface area is 196 Å². The van der Waals surface area contributed by atoms with Gasteiger partial charge in [0.1, 0.15) is 0 Å². The second kappa shape index (κ2) is 10.5. The number of pyridine rings is 1. The van der Waals surface area contributed by atoms with E-state index in [2.05, 4.69) is 62.9 Å². The van der Waals surface area contributed by atoms with Crippen molar-refractivity contribution in [1.82, 2.24) is 9.88 Å². The zero-order chi connectivity index (χ0) is 20.8. The Morgan fingerprint density at radius 3 is 2.77 bits per heavy atom. The number of thiocarbonyl (C=S) groups is 1. The van der Waals surface area contributed by atoms with Crippen LogP contribution in [0.2, 0.25) is 0 Å². The van der Waals surface area contributed by atoms with Crippen LogP contribution in [0.1, 0.15) is 30.7 Å². The lowest BCUT2D eigenvalue weighted by atomic mass is 9.87. The first-order valence-electron chi connectivity index (χ1n) is 10.3. The summed E-state index contributed by atoms with van der Waals surface area (Å²) >= 11 is 7.08. The lowest BCUT2D eigenvalue weighted by Gasteiger charge is -2.32. The van der Waals surface area contributed by atoms with E-state index in [0.29, 0.717) is 18.3 Å². The molecule has 30 heavy (non-hydrogen) atoms. The normalized spacial score (nSPS) is 15.2. The van der Waals surface area contributed by atoms with Gasteiger partial charge in [0.05, 0.1) is 10.2 Å². The minimum absolute atomic E-state index is 0.594. The Bertz CT molecular complexity index is 1000. The van der Waals surface area contributed by atoms with Crippen LogP contribution in [-0.2, 0) is 0 Å². The van der Waals surface area contributed by atoms with Gasteiger partial charge < -0.3 is 14.4 Å². The Morgan fingerprint density at radius 2 is 1.93 bits per heavy atom. The zero-order valence-electron chi connectivity index (χ0n) is 16.8. The maximum absolute atomic E-state index is 6.02. The Morgan fingerprint density at radius 1 is 1.10 bits per heavy atom. The summed E-state index contributed by atoms with van der Waals surface area (Å²) in [7, 11) is 0. The van der Waals surface area contributed by atoms with Crippen molar-refractivity contribution < 1.29 is 9.47 Å². The van der Waals surface area contributed by atoms with Gasteiger partial charge in [-0.3, -0.25) is 4.98 Å². The molecule has 0 aliphatic carbocycles. The SMILES string of the molecule is S=COc1cccc(I)c1OCCCN1CCC(c2cncc3ccccc23)CC1. The maximum atomic E-state index is 6.02. The average molecular weight is 532 g/mol. The minimum atomic E-state index is 0.594. The lowest BCUT2D eigenvalue weighted by molar-refractivity contribution is 0.192. The molecule has 0 amide bonds. The van der Waals surface area contributed by atoms with Crippen LogP contribution in [0.25, 0.3) is 10.8 Å². The first-order chi connectivity index (χ1) is 14.8. The van der Waals surface area contributed by atoms with Crippen LogP contribution in [0, 0.1) is 3.57 Å². The molecule has 4 nitrogen and oxygen atoms in total. The number of nitrogens with zero attached hydrogens (tertiary/aromatic N) is 2. The highest BCUT2D eigenvalue weighted by atomic mass is 127. The molecule has 1 aliphatic heterocycles. The van der Waals surface area contributed by atoms with Gasteiger partial charge in [0, 0.05) is 24.3 Å². The number of fused-ring (bicyclic) bond motifs is 1. The van der Waals surface area contributed by atoms with Gasteiger partial charge in [-0.05, 0) is 96.2 Å². The predicted molar refractivity (Wildman–Crippen MR) is 134 cm³/mol. The van der Waals surface area contributed by atoms with Crippen LogP contribution >= 0.6 is 34.8 Å². The van der Waals surface area contributed by atoms with Gasteiger partial charge in [-0.2, -0.15) is 0 Å². The van der Waals surface area contributed by atoms with E-state index in [4.69, 9.17) is 21.7 Å². The number of piperidine rings is 1. The third-order valence-electron chi connectivity index (χ3n) is 5.70. The van der Waals surface area contributed by atoms with E-state index in [9.17, 15) is 0 Å². The van der Waals surface area contributed by atoms with Gasteiger partial charge in [-0.25, -0.2) is 0 Å². The van der Waals surface area contributed by atoms with Crippen LogP contribution < -0.4 is 9.47 Å². The molecule has 3 aromatic rings. The number of aromatic nitrogens is 1. The standard InChI is InChI=1S/C24H25IN2O2S/c25-22-7-3-8-23(29-17-30)24(22)28-14-4-11-27-12-9-18(10-13-27)21-16-26-15-19-5-1-2-6-20(19)21/h1-3,5-8,15-18H,4,9-14H2. The van der Waals surface area contributed by atoms with Gasteiger partial charge in [-0.15, -0.1) is 0 Å². The molecule has 2 aromatic carbocycles. The van der Waals surface area contributed by atoms with E-state index >= 15 is 0 Å². The van der Waals surface area contributed by atoms with Gasteiger partial charge in [0.15, 0.2) is 17.1 Å². The van der Waals surface area contributed by atoms with Crippen molar-refractivity contribution in [2.45, 2.75) is 25.2 Å². The fourth-order valence-corrected chi connectivity index (χ4v) is 4.90. The van der Waals surface area contributed by atoms with E-state index in [1.807, 2.05) is 24.4 Å². The highest BCUT2D eigenvalue weighted by Gasteiger charge is 2.22. The lowest BCUT2D eigenvalue weighted by Crippen LogP contribution is -2.34. The monoisotopic (exact) mass is 532 g/mol. The van der Waals surface area contributed by atoms with Crippen LogP contribution in [0.4, 0.5) is 0 Å². The van der Waals surface area contributed by atoms with E-state index in [0.717, 1.165) is 35.4 Å². The molecular weight excluding hydrogens is 507 g/mol. The molecule has 6 heteroatoms. The van der Waals surface area contributed by atoms with Crippen LogP contribution in [0.5, 0.6) is 11.5 Å². The summed E-state index contributed by atoms with van der Waals surface area (Å²) < 4.78 is 12.4. The molecule has 1 fully saturated rings. The first-order valence-corrected chi connectivity index (χ1v) is 11.9. The Hall–Kier alpha value is -1.77. The number of likely N-dealkylation sites (tertiary alicyclic amines) is 1. The summed E-state index contributed by atoms with van der Waals surface area (Å²) in [5.41, 5.74) is 2.68. The first kappa shape index (κ1) is 21.5. The highest BCUT2D eigenvalue weighted by molar-refractivity contribution is 14.1. The average Bonchev–Trinajstić information content (AvgIpc) is 2.78. The van der Waals surface area contributed by atoms with Crippen molar-refractivity contribution in [3.8, 4) is 11.5 Å². The Balaban J connectivity index is 1.26. The third kappa shape index (κ3) is 5.10. The molecule has 2 heterocycles.